The first-order valence-corrected chi connectivity index (χ1v) is 12.0. The minimum atomic E-state index is -0.490. The quantitative estimate of drug-likeness (QED) is 0.286. The van der Waals surface area contributed by atoms with Crippen LogP contribution in [0.3, 0.4) is 0 Å². The SMILES string of the molecule is [N-]=[N+]=N[C@@H]1C[C@@H](OC2CCCCO2)CC2(SCCS2)[C@H]1OC(=O)c1ccccc1. The van der Waals surface area contributed by atoms with E-state index < -0.39 is 12.1 Å². The molecule has 9 heteroatoms. The summed E-state index contributed by atoms with van der Waals surface area (Å²) in [6, 6.07) is 8.49. The highest BCUT2D eigenvalue weighted by molar-refractivity contribution is 8.21. The molecule has 156 valence electrons. The van der Waals surface area contributed by atoms with E-state index in [0.29, 0.717) is 12.0 Å². The molecule has 2 heterocycles. The maximum atomic E-state index is 12.8. The second-order valence-corrected chi connectivity index (χ2v) is 10.6. The molecule has 3 fully saturated rings. The Morgan fingerprint density at radius 3 is 2.72 bits per heavy atom. The summed E-state index contributed by atoms with van der Waals surface area (Å²) in [5.41, 5.74) is 9.67. The molecule has 1 aliphatic carbocycles. The van der Waals surface area contributed by atoms with Gasteiger partial charge in [0, 0.05) is 29.4 Å². The number of ether oxygens (including phenoxy) is 3. The molecular formula is C20H25N3O4S2. The molecule has 1 aromatic carbocycles. The Kier molecular flexibility index (Phi) is 6.92. The summed E-state index contributed by atoms with van der Waals surface area (Å²) in [4.78, 5) is 15.8. The van der Waals surface area contributed by atoms with Crippen LogP contribution >= 0.6 is 23.5 Å². The number of carbonyl (C=O) groups is 1. The summed E-state index contributed by atoms with van der Waals surface area (Å²) in [5, 5.41) is 4.03. The second kappa shape index (κ2) is 9.62. The Bertz CT molecular complexity index is 747. The first kappa shape index (κ1) is 20.9. The maximum absolute atomic E-state index is 12.8. The van der Waals surface area contributed by atoms with Gasteiger partial charge in [0.1, 0.15) is 10.2 Å². The van der Waals surface area contributed by atoms with E-state index in [0.717, 1.165) is 43.8 Å². The minimum absolute atomic E-state index is 0.0848. The molecule has 2 saturated heterocycles. The molecule has 1 unspecified atom stereocenters. The Morgan fingerprint density at radius 2 is 2.03 bits per heavy atom. The van der Waals surface area contributed by atoms with E-state index in [9.17, 15) is 4.79 Å². The van der Waals surface area contributed by atoms with Crippen LogP contribution in [0.4, 0.5) is 0 Å². The third kappa shape index (κ3) is 4.86. The largest absolute Gasteiger partial charge is 0.456 e. The lowest BCUT2D eigenvalue weighted by molar-refractivity contribution is -0.197. The van der Waals surface area contributed by atoms with E-state index in [2.05, 4.69) is 10.0 Å². The molecule has 29 heavy (non-hydrogen) atoms. The molecule has 0 aromatic heterocycles. The zero-order chi connectivity index (χ0) is 20.1. The summed E-state index contributed by atoms with van der Waals surface area (Å²) in [5.74, 6) is 1.57. The summed E-state index contributed by atoms with van der Waals surface area (Å²) >= 11 is 3.58. The number of rotatable bonds is 5. The Morgan fingerprint density at radius 1 is 1.24 bits per heavy atom. The number of esters is 1. The van der Waals surface area contributed by atoms with E-state index in [1.54, 1.807) is 35.7 Å². The molecule has 4 atom stereocenters. The highest BCUT2D eigenvalue weighted by Crippen LogP contribution is 2.55. The molecule has 7 nitrogen and oxygen atoms in total. The molecule has 1 spiro atoms. The van der Waals surface area contributed by atoms with Gasteiger partial charge in [-0.15, -0.1) is 23.5 Å². The van der Waals surface area contributed by atoms with Crippen molar-refractivity contribution in [2.75, 3.05) is 18.1 Å². The standard InChI is InChI=1S/C20H25N3O4S2/c21-23-22-16-12-15(26-17-8-4-5-9-25-17)13-20(28-10-11-29-20)18(16)27-19(24)14-6-2-1-3-7-14/h1-3,6-7,15-18H,4-5,8-13H2/t15-,16-,17?,18+/m1/s1. The molecule has 0 radical (unpaired) electrons. The van der Waals surface area contributed by atoms with Gasteiger partial charge in [-0.25, -0.2) is 4.79 Å². The number of azide groups is 1. The van der Waals surface area contributed by atoms with Crippen LogP contribution in [0, 0.1) is 0 Å². The average Bonchev–Trinajstić information content (AvgIpc) is 3.21. The van der Waals surface area contributed by atoms with E-state index >= 15 is 0 Å². The third-order valence-corrected chi connectivity index (χ3v) is 9.06. The highest BCUT2D eigenvalue weighted by Gasteiger charge is 2.54. The van der Waals surface area contributed by atoms with Crippen molar-refractivity contribution in [3.05, 3.63) is 46.3 Å². The van der Waals surface area contributed by atoms with Crippen molar-refractivity contribution >= 4 is 29.5 Å². The number of carbonyl (C=O) groups excluding carboxylic acids is 1. The van der Waals surface area contributed by atoms with Gasteiger partial charge < -0.3 is 14.2 Å². The average molecular weight is 436 g/mol. The first-order valence-electron chi connectivity index (χ1n) is 10.1. The lowest BCUT2D eigenvalue weighted by Gasteiger charge is -2.46. The van der Waals surface area contributed by atoms with Gasteiger partial charge in [-0.2, -0.15) is 0 Å². The van der Waals surface area contributed by atoms with E-state index in [1.165, 1.54) is 0 Å². The Balaban J connectivity index is 1.54. The van der Waals surface area contributed by atoms with Crippen LogP contribution in [0.15, 0.2) is 35.4 Å². The molecule has 0 bridgehead atoms. The fourth-order valence-corrected chi connectivity index (χ4v) is 7.73. The van der Waals surface area contributed by atoms with Crippen LogP contribution in [0.25, 0.3) is 10.4 Å². The predicted octanol–water partition coefficient (Wildman–Crippen LogP) is 4.77. The maximum Gasteiger partial charge on any atom is 0.338 e. The van der Waals surface area contributed by atoms with E-state index in [4.69, 9.17) is 19.7 Å². The topological polar surface area (TPSA) is 93.5 Å². The lowest BCUT2D eigenvalue weighted by Crippen LogP contribution is -2.53. The number of nitrogens with zero attached hydrogens (tertiary/aromatic N) is 3. The van der Waals surface area contributed by atoms with Crippen LogP contribution in [0.1, 0.15) is 42.5 Å². The van der Waals surface area contributed by atoms with Crippen molar-refractivity contribution in [1.29, 1.82) is 0 Å². The van der Waals surface area contributed by atoms with Crippen LogP contribution < -0.4 is 0 Å². The first-order chi connectivity index (χ1) is 14.2. The van der Waals surface area contributed by atoms with Gasteiger partial charge in [0.15, 0.2) is 6.29 Å². The summed E-state index contributed by atoms with van der Waals surface area (Å²) in [6.45, 7) is 0.725. The zero-order valence-electron chi connectivity index (χ0n) is 16.1. The summed E-state index contributed by atoms with van der Waals surface area (Å²) in [6.07, 6.45) is 3.56. The van der Waals surface area contributed by atoms with Gasteiger partial charge in [0.2, 0.25) is 0 Å². The van der Waals surface area contributed by atoms with E-state index in [-0.39, 0.29) is 22.4 Å². The second-order valence-electron chi connectivity index (χ2n) is 7.47. The summed E-state index contributed by atoms with van der Waals surface area (Å²) in [7, 11) is 0. The van der Waals surface area contributed by atoms with Gasteiger partial charge in [-0.1, -0.05) is 23.3 Å². The molecule has 0 amide bonds. The normalized spacial score (nSPS) is 31.2. The van der Waals surface area contributed by atoms with Gasteiger partial charge in [-0.3, -0.25) is 0 Å². The molecule has 4 rings (SSSR count). The monoisotopic (exact) mass is 435 g/mol. The third-order valence-electron chi connectivity index (χ3n) is 5.50. The van der Waals surface area contributed by atoms with Gasteiger partial charge >= 0.3 is 5.97 Å². The summed E-state index contributed by atoms with van der Waals surface area (Å²) < 4.78 is 17.6. The molecule has 0 N–H and O–H groups in total. The van der Waals surface area contributed by atoms with Gasteiger partial charge in [0.05, 0.1) is 17.7 Å². The molecule has 1 saturated carbocycles. The van der Waals surface area contributed by atoms with Crippen LogP contribution in [0.5, 0.6) is 0 Å². The van der Waals surface area contributed by atoms with Gasteiger partial charge in [-0.05, 0) is 43.3 Å². The van der Waals surface area contributed by atoms with Crippen LogP contribution in [-0.4, -0.2) is 52.7 Å². The van der Waals surface area contributed by atoms with Crippen molar-refractivity contribution in [3.8, 4) is 0 Å². The number of thioether (sulfide) groups is 2. The molecule has 2 aliphatic heterocycles. The van der Waals surface area contributed by atoms with Crippen molar-refractivity contribution in [1.82, 2.24) is 0 Å². The minimum Gasteiger partial charge on any atom is -0.456 e. The number of hydrogen-bond acceptors (Lipinski definition) is 7. The van der Waals surface area contributed by atoms with Crippen molar-refractivity contribution in [3.63, 3.8) is 0 Å². The zero-order valence-corrected chi connectivity index (χ0v) is 17.8. The fraction of sp³-hybridized carbons (Fsp3) is 0.650. The Hall–Kier alpha value is -1.38. The number of hydrogen-bond donors (Lipinski definition) is 0. The van der Waals surface area contributed by atoms with Crippen molar-refractivity contribution in [2.45, 2.75) is 60.7 Å². The highest BCUT2D eigenvalue weighted by atomic mass is 32.2. The fourth-order valence-electron chi connectivity index (χ4n) is 4.19. The molecule has 1 aromatic rings. The Labute approximate surface area is 178 Å². The van der Waals surface area contributed by atoms with Crippen LogP contribution in [0.2, 0.25) is 0 Å². The van der Waals surface area contributed by atoms with E-state index in [1.807, 2.05) is 18.2 Å². The smallest absolute Gasteiger partial charge is 0.338 e. The van der Waals surface area contributed by atoms with Crippen molar-refractivity contribution < 1.29 is 19.0 Å². The van der Waals surface area contributed by atoms with Crippen molar-refractivity contribution in [2.24, 2.45) is 5.11 Å². The lowest BCUT2D eigenvalue weighted by atomic mass is 9.89. The molecular weight excluding hydrogens is 410 g/mol. The number of benzene rings is 1. The molecule has 3 aliphatic rings. The predicted molar refractivity (Wildman–Crippen MR) is 114 cm³/mol. The van der Waals surface area contributed by atoms with Crippen LogP contribution in [-0.2, 0) is 14.2 Å². The van der Waals surface area contributed by atoms with Gasteiger partial charge in [0.25, 0.3) is 0 Å².